The van der Waals surface area contributed by atoms with E-state index in [9.17, 15) is 0 Å². The van der Waals surface area contributed by atoms with Gasteiger partial charge in [0.05, 0.1) is 6.10 Å². The molecule has 0 aliphatic rings. The first-order valence-corrected chi connectivity index (χ1v) is 4.23. The second kappa shape index (κ2) is 7.55. The maximum absolute atomic E-state index is 8.85. The molecule has 1 unspecified atom stereocenters. The van der Waals surface area contributed by atoms with Gasteiger partial charge in [0.15, 0.2) is 0 Å². The first-order valence-electron chi connectivity index (χ1n) is 4.23. The van der Waals surface area contributed by atoms with Crippen LogP contribution in [0, 0.1) is 0 Å². The van der Waals surface area contributed by atoms with E-state index in [1.165, 1.54) is 6.42 Å². The quantitative estimate of drug-likeness (QED) is 0.477. The fraction of sp³-hybridized carbons (Fsp3) is 0.600. The molecule has 0 aliphatic carbocycles. The van der Waals surface area contributed by atoms with E-state index in [2.05, 4.69) is 12.2 Å². The van der Waals surface area contributed by atoms with E-state index in [1.54, 1.807) is 6.92 Å². The zero-order valence-electron chi connectivity index (χ0n) is 7.46. The van der Waals surface area contributed by atoms with Crippen LogP contribution in [0.4, 0.5) is 0 Å². The second-order valence-corrected chi connectivity index (χ2v) is 2.67. The number of unbranched alkanes of at least 4 members (excludes halogenated alkanes) is 2. The molecule has 11 heavy (non-hydrogen) atoms. The summed E-state index contributed by atoms with van der Waals surface area (Å²) in [4.78, 5) is 0. The highest BCUT2D eigenvalue weighted by Gasteiger charge is 1.84. The van der Waals surface area contributed by atoms with Crippen LogP contribution in [0.5, 0.6) is 0 Å². The van der Waals surface area contributed by atoms with Gasteiger partial charge in [-0.1, -0.05) is 24.3 Å². The first-order chi connectivity index (χ1) is 5.27. The summed E-state index contributed by atoms with van der Waals surface area (Å²) in [5.41, 5.74) is 0. The number of aliphatic hydroxyl groups is 1. The molecule has 1 nitrogen and oxygen atoms in total. The average molecular weight is 154 g/mol. The number of hydrogen-bond donors (Lipinski definition) is 1. The Kier molecular flexibility index (Phi) is 7.16. The molecule has 0 heterocycles. The Hall–Kier alpha value is -0.560. The van der Waals surface area contributed by atoms with E-state index in [0.29, 0.717) is 0 Å². The SMILES string of the molecule is C/C=C/CCC/C=C/C(C)O. The highest BCUT2D eigenvalue weighted by molar-refractivity contribution is 4.87. The molecule has 1 atom stereocenters. The Balaban J connectivity index is 3.14. The van der Waals surface area contributed by atoms with Crippen LogP contribution < -0.4 is 0 Å². The molecule has 0 amide bonds. The molecule has 0 aliphatic heterocycles. The van der Waals surface area contributed by atoms with Gasteiger partial charge in [-0.2, -0.15) is 0 Å². The average Bonchev–Trinajstić information content (AvgIpc) is 1.96. The highest BCUT2D eigenvalue weighted by atomic mass is 16.3. The van der Waals surface area contributed by atoms with E-state index in [0.717, 1.165) is 12.8 Å². The third kappa shape index (κ3) is 9.44. The van der Waals surface area contributed by atoms with Crippen molar-refractivity contribution in [3.8, 4) is 0 Å². The van der Waals surface area contributed by atoms with Gasteiger partial charge in [0.25, 0.3) is 0 Å². The van der Waals surface area contributed by atoms with Crippen LogP contribution in [-0.4, -0.2) is 11.2 Å². The molecule has 0 saturated carbocycles. The lowest BCUT2D eigenvalue weighted by Gasteiger charge is -1.93. The van der Waals surface area contributed by atoms with Crippen LogP contribution in [0.15, 0.2) is 24.3 Å². The molecule has 0 aromatic rings. The fourth-order valence-electron chi connectivity index (χ4n) is 0.813. The Morgan fingerprint density at radius 3 is 2.45 bits per heavy atom. The van der Waals surface area contributed by atoms with Crippen molar-refractivity contribution in [1.29, 1.82) is 0 Å². The van der Waals surface area contributed by atoms with Crippen molar-refractivity contribution >= 4 is 0 Å². The Morgan fingerprint density at radius 2 is 1.91 bits per heavy atom. The van der Waals surface area contributed by atoms with E-state index in [4.69, 9.17) is 5.11 Å². The van der Waals surface area contributed by atoms with E-state index < -0.39 is 0 Å². The van der Waals surface area contributed by atoms with Gasteiger partial charge in [0, 0.05) is 0 Å². The van der Waals surface area contributed by atoms with Crippen molar-refractivity contribution in [2.75, 3.05) is 0 Å². The summed E-state index contributed by atoms with van der Waals surface area (Å²) in [6, 6.07) is 0. The van der Waals surface area contributed by atoms with Gasteiger partial charge in [-0.05, 0) is 33.1 Å². The molecular weight excluding hydrogens is 136 g/mol. The minimum absolute atomic E-state index is 0.295. The largest absolute Gasteiger partial charge is 0.389 e. The lowest BCUT2D eigenvalue weighted by Crippen LogP contribution is -1.91. The minimum Gasteiger partial charge on any atom is -0.389 e. The van der Waals surface area contributed by atoms with Gasteiger partial charge < -0.3 is 5.11 Å². The van der Waals surface area contributed by atoms with E-state index >= 15 is 0 Å². The van der Waals surface area contributed by atoms with Crippen molar-refractivity contribution in [3.05, 3.63) is 24.3 Å². The molecule has 0 spiro atoms. The molecule has 0 aromatic heterocycles. The molecule has 0 aromatic carbocycles. The Labute approximate surface area is 69.4 Å². The van der Waals surface area contributed by atoms with Crippen molar-refractivity contribution in [2.24, 2.45) is 0 Å². The molecule has 1 N–H and O–H groups in total. The van der Waals surface area contributed by atoms with Crippen LogP contribution >= 0.6 is 0 Å². The fourth-order valence-corrected chi connectivity index (χ4v) is 0.813. The van der Waals surface area contributed by atoms with Gasteiger partial charge in [0.1, 0.15) is 0 Å². The normalized spacial score (nSPS) is 14.8. The van der Waals surface area contributed by atoms with Crippen LogP contribution in [0.3, 0.4) is 0 Å². The Bertz CT molecular complexity index is 123. The molecule has 0 saturated heterocycles. The summed E-state index contributed by atoms with van der Waals surface area (Å²) < 4.78 is 0. The zero-order valence-corrected chi connectivity index (χ0v) is 7.46. The number of allylic oxidation sites excluding steroid dienone is 3. The molecule has 0 bridgehead atoms. The lowest BCUT2D eigenvalue weighted by molar-refractivity contribution is 0.244. The van der Waals surface area contributed by atoms with Crippen LogP contribution in [-0.2, 0) is 0 Å². The summed E-state index contributed by atoms with van der Waals surface area (Å²) in [6.45, 7) is 3.80. The predicted molar refractivity (Wildman–Crippen MR) is 49.5 cm³/mol. The topological polar surface area (TPSA) is 20.2 Å². The van der Waals surface area contributed by atoms with Gasteiger partial charge in [0.2, 0.25) is 0 Å². The number of rotatable bonds is 5. The summed E-state index contributed by atoms with van der Waals surface area (Å²) >= 11 is 0. The zero-order chi connectivity index (χ0) is 8.53. The van der Waals surface area contributed by atoms with Crippen LogP contribution in [0.1, 0.15) is 33.1 Å². The van der Waals surface area contributed by atoms with Crippen molar-refractivity contribution < 1.29 is 5.11 Å². The van der Waals surface area contributed by atoms with Crippen LogP contribution in [0.2, 0.25) is 0 Å². The minimum atomic E-state index is -0.295. The maximum Gasteiger partial charge on any atom is 0.0692 e. The smallest absolute Gasteiger partial charge is 0.0692 e. The van der Waals surface area contributed by atoms with Crippen molar-refractivity contribution in [1.82, 2.24) is 0 Å². The number of aliphatic hydroxyl groups excluding tert-OH is 1. The lowest BCUT2D eigenvalue weighted by atomic mass is 10.2. The maximum atomic E-state index is 8.85. The molecule has 0 rings (SSSR count). The van der Waals surface area contributed by atoms with Crippen LogP contribution in [0.25, 0.3) is 0 Å². The summed E-state index contributed by atoms with van der Waals surface area (Å²) in [5, 5.41) is 8.85. The Morgan fingerprint density at radius 1 is 1.27 bits per heavy atom. The second-order valence-electron chi connectivity index (χ2n) is 2.67. The molecule has 0 fully saturated rings. The summed E-state index contributed by atoms with van der Waals surface area (Å²) in [5.74, 6) is 0. The molecule has 0 radical (unpaired) electrons. The molecular formula is C10H18O. The monoisotopic (exact) mass is 154 g/mol. The molecule has 64 valence electrons. The van der Waals surface area contributed by atoms with Gasteiger partial charge in [-0.3, -0.25) is 0 Å². The standard InChI is InChI=1S/C10H18O/c1-3-4-5-6-7-8-9-10(2)11/h3-4,8-11H,5-7H2,1-2H3/b4-3+,9-8+. The third-order valence-electron chi connectivity index (χ3n) is 1.39. The van der Waals surface area contributed by atoms with E-state index in [1.807, 2.05) is 19.1 Å². The van der Waals surface area contributed by atoms with E-state index in [-0.39, 0.29) is 6.10 Å². The van der Waals surface area contributed by atoms with Gasteiger partial charge in [-0.15, -0.1) is 0 Å². The molecule has 1 heteroatoms. The van der Waals surface area contributed by atoms with Gasteiger partial charge in [-0.25, -0.2) is 0 Å². The summed E-state index contributed by atoms with van der Waals surface area (Å²) in [7, 11) is 0. The predicted octanol–water partition coefficient (Wildman–Crippen LogP) is 2.67. The third-order valence-corrected chi connectivity index (χ3v) is 1.39. The first kappa shape index (κ1) is 10.4. The van der Waals surface area contributed by atoms with Gasteiger partial charge >= 0.3 is 0 Å². The summed E-state index contributed by atoms with van der Waals surface area (Å²) in [6.07, 6.45) is 11.2. The van der Waals surface area contributed by atoms with Crippen molar-refractivity contribution in [3.63, 3.8) is 0 Å². The highest BCUT2D eigenvalue weighted by Crippen LogP contribution is 1.98. The van der Waals surface area contributed by atoms with Crippen molar-refractivity contribution in [2.45, 2.75) is 39.2 Å². The number of hydrogen-bond acceptors (Lipinski definition) is 1.